The monoisotopic (exact) mass is 280 g/mol. The van der Waals surface area contributed by atoms with E-state index >= 15 is 0 Å². The van der Waals surface area contributed by atoms with Gasteiger partial charge in [0.1, 0.15) is 0 Å². The molecule has 0 bridgehead atoms. The van der Waals surface area contributed by atoms with Crippen LogP contribution in [0.3, 0.4) is 0 Å². The van der Waals surface area contributed by atoms with Crippen molar-refractivity contribution in [2.24, 2.45) is 0 Å². The number of aliphatic hydroxyl groups excluding tert-OH is 1. The minimum absolute atomic E-state index is 0.0867. The van der Waals surface area contributed by atoms with E-state index in [4.69, 9.17) is 0 Å². The van der Waals surface area contributed by atoms with Gasteiger partial charge in [0.25, 0.3) is 0 Å². The van der Waals surface area contributed by atoms with Gasteiger partial charge in [-0.2, -0.15) is 13.2 Å². The maximum Gasteiger partial charge on any atom is 0.416 e. The van der Waals surface area contributed by atoms with E-state index in [2.05, 4.69) is 0 Å². The fourth-order valence-electron chi connectivity index (χ4n) is 2.22. The van der Waals surface area contributed by atoms with Crippen LogP contribution in [0.25, 0.3) is 0 Å². The number of rotatable bonds is 3. The first-order chi connectivity index (χ1) is 9.41. The average Bonchev–Trinajstić information content (AvgIpc) is 2.46. The molecule has 2 atom stereocenters. The molecule has 2 rings (SSSR count). The summed E-state index contributed by atoms with van der Waals surface area (Å²) < 4.78 is 38.9. The molecule has 106 valence electrons. The van der Waals surface area contributed by atoms with Crippen LogP contribution in [0.15, 0.2) is 54.6 Å². The van der Waals surface area contributed by atoms with Crippen molar-refractivity contribution >= 4 is 0 Å². The Bertz CT molecular complexity index is 563. The van der Waals surface area contributed by atoms with Crippen LogP contribution in [-0.4, -0.2) is 5.11 Å². The summed E-state index contributed by atoms with van der Waals surface area (Å²) in [6.45, 7) is 1.72. The molecule has 0 aliphatic heterocycles. The number of hydrogen-bond acceptors (Lipinski definition) is 1. The van der Waals surface area contributed by atoms with E-state index in [1.165, 1.54) is 18.2 Å². The summed E-state index contributed by atoms with van der Waals surface area (Å²) in [5.74, 6) is -0.417. The fraction of sp³-hybridized carbons (Fsp3) is 0.250. The van der Waals surface area contributed by atoms with E-state index in [1.807, 2.05) is 6.07 Å². The van der Waals surface area contributed by atoms with E-state index in [0.29, 0.717) is 0 Å². The molecule has 0 saturated carbocycles. The molecule has 4 heteroatoms. The Labute approximate surface area is 115 Å². The van der Waals surface area contributed by atoms with Crippen molar-refractivity contribution < 1.29 is 18.3 Å². The lowest BCUT2D eigenvalue weighted by Gasteiger charge is -2.23. The Morgan fingerprint density at radius 3 is 2.05 bits per heavy atom. The molecule has 0 amide bonds. The third-order valence-electron chi connectivity index (χ3n) is 3.38. The van der Waals surface area contributed by atoms with E-state index in [-0.39, 0.29) is 5.56 Å². The van der Waals surface area contributed by atoms with Crippen molar-refractivity contribution in [3.8, 4) is 0 Å². The van der Waals surface area contributed by atoms with Gasteiger partial charge in [0, 0.05) is 5.92 Å². The van der Waals surface area contributed by atoms with Gasteiger partial charge in [0.05, 0.1) is 11.7 Å². The molecule has 0 spiro atoms. The second-order valence-electron chi connectivity index (χ2n) is 4.73. The number of hydrogen-bond donors (Lipinski definition) is 1. The van der Waals surface area contributed by atoms with Crippen molar-refractivity contribution in [2.45, 2.75) is 25.1 Å². The first-order valence-corrected chi connectivity index (χ1v) is 6.30. The molecule has 0 aliphatic rings. The fourth-order valence-corrected chi connectivity index (χ4v) is 2.22. The van der Waals surface area contributed by atoms with Crippen LogP contribution >= 0.6 is 0 Å². The van der Waals surface area contributed by atoms with Crippen LogP contribution < -0.4 is 0 Å². The van der Waals surface area contributed by atoms with Gasteiger partial charge in [0.2, 0.25) is 0 Å². The smallest absolute Gasteiger partial charge is 0.388 e. The molecule has 0 aliphatic carbocycles. The van der Waals surface area contributed by atoms with Crippen LogP contribution in [0, 0.1) is 0 Å². The van der Waals surface area contributed by atoms with Gasteiger partial charge in [-0.05, 0) is 17.2 Å². The van der Waals surface area contributed by atoms with Gasteiger partial charge < -0.3 is 5.11 Å². The highest BCUT2D eigenvalue weighted by molar-refractivity contribution is 5.34. The zero-order chi connectivity index (χ0) is 14.8. The molecule has 0 radical (unpaired) electrons. The SMILES string of the molecule is CC(c1ccccc1)C(O)c1ccccc1C(F)(F)F. The van der Waals surface area contributed by atoms with Crippen LogP contribution in [0.4, 0.5) is 13.2 Å². The predicted molar refractivity (Wildman–Crippen MR) is 71.3 cm³/mol. The number of alkyl halides is 3. The van der Waals surface area contributed by atoms with E-state index in [0.717, 1.165) is 11.6 Å². The quantitative estimate of drug-likeness (QED) is 0.875. The zero-order valence-electron chi connectivity index (χ0n) is 10.9. The summed E-state index contributed by atoms with van der Waals surface area (Å²) in [5.41, 5.74) is -0.0661. The topological polar surface area (TPSA) is 20.2 Å². The largest absolute Gasteiger partial charge is 0.416 e. The molecular formula is C16H15F3O. The third kappa shape index (κ3) is 3.02. The van der Waals surface area contributed by atoms with Gasteiger partial charge in [0.15, 0.2) is 0 Å². The van der Waals surface area contributed by atoms with Crippen molar-refractivity contribution in [1.29, 1.82) is 0 Å². The second-order valence-corrected chi connectivity index (χ2v) is 4.73. The van der Waals surface area contributed by atoms with Crippen molar-refractivity contribution in [1.82, 2.24) is 0 Å². The van der Waals surface area contributed by atoms with Gasteiger partial charge in [-0.15, -0.1) is 0 Å². The summed E-state index contributed by atoms with van der Waals surface area (Å²) in [6, 6.07) is 14.2. The molecule has 2 unspecified atom stereocenters. The van der Waals surface area contributed by atoms with Gasteiger partial charge in [-0.25, -0.2) is 0 Å². The van der Waals surface area contributed by atoms with Crippen LogP contribution in [0.5, 0.6) is 0 Å². The normalized spacial score (nSPS) is 14.8. The molecule has 20 heavy (non-hydrogen) atoms. The predicted octanol–water partition coefficient (Wildman–Crippen LogP) is 4.54. The Morgan fingerprint density at radius 2 is 1.45 bits per heavy atom. The standard InChI is InChI=1S/C16H15F3O/c1-11(12-7-3-2-4-8-12)15(20)13-9-5-6-10-14(13)16(17,18)19/h2-11,15,20H,1H3. The Morgan fingerprint density at radius 1 is 0.900 bits per heavy atom. The number of benzene rings is 2. The highest BCUT2D eigenvalue weighted by Gasteiger charge is 2.35. The molecule has 0 saturated heterocycles. The lowest BCUT2D eigenvalue weighted by molar-refractivity contribution is -0.139. The molecular weight excluding hydrogens is 265 g/mol. The van der Waals surface area contributed by atoms with Gasteiger partial charge >= 0.3 is 6.18 Å². The zero-order valence-corrected chi connectivity index (χ0v) is 10.9. The maximum absolute atomic E-state index is 13.0. The lowest BCUT2D eigenvalue weighted by atomic mass is 9.88. The first-order valence-electron chi connectivity index (χ1n) is 6.30. The lowest BCUT2D eigenvalue weighted by Crippen LogP contribution is -2.15. The maximum atomic E-state index is 13.0. The van der Waals surface area contributed by atoms with Gasteiger partial charge in [-0.3, -0.25) is 0 Å². The Hall–Kier alpha value is -1.81. The molecule has 0 heterocycles. The van der Waals surface area contributed by atoms with Gasteiger partial charge in [-0.1, -0.05) is 55.5 Å². The molecule has 1 N–H and O–H groups in total. The number of halogens is 3. The molecule has 2 aromatic rings. The Balaban J connectivity index is 2.37. The highest BCUT2D eigenvalue weighted by Crippen LogP contribution is 2.38. The van der Waals surface area contributed by atoms with Crippen molar-refractivity contribution in [3.05, 3.63) is 71.3 Å². The van der Waals surface area contributed by atoms with Crippen molar-refractivity contribution in [2.75, 3.05) is 0 Å². The summed E-state index contributed by atoms with van der Waals surface area (Å²) in [4.78, 5) is 0. The summed E-state index contributed by atoms with van der Waals surface area (Å²) in [7, 11) is 0. The van der Waals surface area contributed by atoms with Crippen LogP contribution in [0.1, 0.15) is 35.6 Å². The highest BCUT2D eigenvalue weighted by atomic mass is 19.4. The van der Waals surface area contributed by atoms with Crippen molar-refractivity contribution in [3.63, 3.8) is 0 Å². The molecule has 0 aromatic heterocycles. The summed E-state index contributed by atoms with van der Waals surface area (Å²) in [5, 5.41) is 10.3. The molecule has 0 fully saturated rings. The summed E-state index contributed by atoms with van der Waals surface area (Å²) in [6.07, 6.45) is -5.66. The first kappa shape index (κ1) is 14.6. The minimum Gasteiger partial charge on any atom is -0.388 e. The molecule has 2 aromatic carbocycles. The third-order valence-corrected chi connectivity index (χ3v) is 3.38. The van der Waals surface area contributed by atoms with E-state index in [1.54, 1.807) is 31.2 Å². The number of aliphatic hydroxyl groups is 1. The minimum atomic E-state index is -4.46. The van der Waals surface area contributed by atoms with E-state index < -0.39 is 23.8 Å². The average molecular weight is 280 g/mol. The van der Waals surface area contributed by atoms with E-state index in [9.17, 15) is 18.3 Å². The van der Waals surface area contributed by atoms with Crippen LogP contribution in [0.2, 0.25) is 0 Å². The summed E-state index contributed by atoms with van der Waals surface area (Å²) >= 11 is 0. The second kappa shape index (κ2) is 5.67. The Kier molecular flexibility index (Phi) is 4.14. The molecule has 1 nitrogen and oxygen atoms in total. The van der Waals surface area contributed by atoms with Crippen LogP contribution in [-0.2, 0) is 6.18 Å².